The molecular formula is C20H23Br. The topological polar surface area (TPSA) is 0 Å². The summed E-state index contributed by atoms with van der Waals surface area (Å²) in [5.74, 6) is 0. The second-order valence-electron chi connectivity index (χ2n) is 7.36. The molecule has 0 aromatic heterocycles. The highest BCUT2D eigenvalue weighted by atomic mass is 79.9. The molecule has 0 nitrogen and oxygen atoms in total. The van der Waals surface area contributed by atoms with Crippen LogP contribution in [0.3, 0.4) is 0 Å². The molecule has 3 rings (SSSR count). The van der Waals surface area contributed by atoms with Gasteiger partial charge in [-0.15, -0.1) is 0 Å². The first-order valence-corrected chi connectivity index (χ1v) is 8.50. The summed E-state index contributed by atoms with van der Waals surface area (Å²) in [6.07, 6.45) is 2.43. The van der Waals surface area contributed by atoms with E-state index in [0.29, 0.717) is 5.41 Å². The standard InChI is InChI=1S/C20H23Br/c1-19(2)11-10-15-12-18(21)16(13-17(15)20(19,3)4)14-8-6-5-7-9-14/h5-9,12-13H,10-11H2,1-4H3. The van der Waals surface area contributed by atoms with Crippen molar-refractivity contribution in [3.05, 3.63) is 58.1 Å². The van der Waals surface area contributed by atoms with Gasteiger partial charge in [-0.05, 0) is 58.1 Å². The summed E-state index contributed by atoms with van der Waals surface area (Å²) < 4.78 is 1.21. The Morgan fingerprint density at radius 3 is 2.29 bits per heavy atom. The van der Waals surface area contributed by atoms with E-state index >= 15 is 0 Å². The van der Waals surface area contributed by atoms with Gasteiger partial charge >= 0.3 is 0 Å². The molecular weight excluding hydrogens is 320 g/mol. The summed E-state index contributed by atoms with van der Waals surface area (Å²) in [4.78, 5) is 0. The van der Waals surface area contributed by atoms with Crippen molar-refractivity contribution in [2.45, 2.75) is 46.0 Å². The average Bonchev–Trinajstić information content (AvgIpc) is 2.44. The van der Waals surface area contributed by atoms with Crippen molar-refractivity contribution in [2.75, 3.05) is 0 Å². The fourth-order valence-corrected chi connectivity index (χ4v) is 3.99. The number of aryl methyl sites for hydroxylation is 1. The minimum atomic E-state index is 0.199. The van der Waals surface area contributed by atoms with Crippen LogP contribution < -0.4 is 0 Å². The van der Waals surface area contributed by atoms with Crippen LogP contribution in [0.4, 0.5) is 0 Å². The SMILES string of the molecule is CC1(C)CCc2cc(Br)c(-c3ccccc3)cc2C1(C)C. The zero-order chi connectivity index (χ0) is 15.3. The van der Waals surface area contributed by atoms with E-state index in [-0.39, 0.29) is 5.41 Å². The fourth-order valence-electron chi connectivity index (χ4n) is 3.37. The van der Waals surface area contributed by atoms with E-state index in [1.807, 2.05) is 0 Å². The maximum Gasteiger partial charge on any atom is 0.0256 e. The Morgan fingerprint density at radius 1 is 0.952 bits per heavy atom. The number of halogens is 1. The molecule has 0 aliphatic heterocycles. The van der Waals surface area contributed by atoms with Crippen LogP contribution in [0.2, 0.25) is 0 Å². The van der Waals surface area contributed by atoms with E-state index in [9.17, 15) is 0 Å². The van der Waals surface area contributed by atoms with E-state index in [1.165, 1.54) is 39.6 Å². The first-order valence-electron chi connectivity index (χ1n) is 7.71. The van der Waals surface area contributed by atoms with E-state index in [4.69, 9.17) is 0 Å². The van der Waals surface area contributed by atoms with E-state index in [0.717, 1.165) is 0 Å². The summed E-state index contributed by atoms with van der Waals surface area (Å²) in [5.41, 5.74) is 6.14. The smallest absolute Gasteiger partial charge is 0.0256 e. The van der Waals surface area contributed by atoms with Gasteiger partial charge in [0.2, 0.25) is 0 Å². The third-order valence-corrected chi connectivity index (χ3v) is 6.32. The Morgan fingerprint density at radius 2 is 1.62 bits per heavy atom. The summed E-state index contributed by atoms with van der Waals surface area (Å²) in [7, 11) is 0. The first-order chi connectivity index (χ1) is 9.83. The number of hydrogen-bond donors (Lipinski definition) is 0. The maximum absolute atomic E-state index is 3.78. The third-order valence-electron chi connectivity index (χ3n) is 5.66. The highest BCUT2D eigenvalue weighted by Gasteiger charge is 2.42. The van der Waals surface area contributed by atoms with Crippen molar-refractivity contribution in [2.24, 2.45) is 5.41 Å². The maximum atomic E-state index is 3.78. The summed E-state index contributed by atoms with van der Waals surface area (Å²) in [6.45, 7) is 9.60. The third kappa shape index (κ3) is 2.36. The molecule has 0 N–H and O–H groups in total. The molecule has 0 bridgehead atoms. The summed E-state index contributed by atoms with van der Waals surface area (Å²) >= 11 is 3.78. The van der Waals surface area contributed by atoms with E-state index in [1.54, 1.807) is 0 Å². The van der Waals surface area contributed by atoms with Crippen LogP contribution >= 0.6 is 15.9 Å². The van der Waals surface area contributed by atoms with Gasteiger partial charge in [0.15, 0.2) is 0 Å². The van der Waals surface area contributed by atoms with Crippen molar-refractivity contribution >= 4 is 15.9 Å². The molecule has 0 saturated heterocycles. The minimum absolute atomic E-state index is 0.199. The number of rotatable bonds is 1. The largest absolute Gasteiger partial charge is 0.0622 e. The van der Waals surface area contributed by atoms with Gasteiger partial charge in [0.25, 0.3) is 0 Å². The lowest BCUT2D eigenvalue weighted by Crippen LogP contribution is -2.41. The molecule has 0 spiro atoms. The molecule has 0 atom stereocenters. The number of benzene rings is 2. The highest BCUT2D eigenvalue weighted by Crippen LogP contribution is 2.51. The Hall–Kier alpha value is -1.08. The molecule has 2 aromatic rings. The molecule has 1 aliphatic carbocycles. The predicted molar refractivity (Wildman–Crippen MR) is 94.7 cm³/mol. The van der Waals surface area contributed by atoms with Gasteiger partial charge in [0.1, 0.15) is 0 Å². The molecule has 0 radical (unpaired) electrons. The zero-order valence-corrected chi connectivity index (χ0v) is 14.9. The molecule has 0 fully saturated rings. The molecule has 1 heteroatoms. The van der Waals surface area contributed by atoms with Crippen molar-refractivity contribution in [3.63, 3.8) is 0 Å². The normalized spacial score (nSPS) is 19.1. The van der Waals surface area contributed by atoms with Crippen LogP contribution in [0, 0.1) is 5.41 Å². The Labute approximate surface area is 136 Å². The molecule has 0 saturated carbocycles. The van der Waals surface area contributed by atoms with Crippen molar-refractivity contribution in [3.8, 4) is 11.1 Å². The lowest BCUT2D eigenvalue weighted by atomic mass is 9.57. The van der Waals surface area contributed by atoms with Gasteiger partial charge in [-0.1, -0.05) is 74.0 Å². The van der Waals surface area contributed by atoms with Crippen LogP contribution in [-0.4, -0.2) is 0 Å². The molecule has 110 valence electrons. The molecule has 1 aliphatic rings. The molecule has 0 amide bonds. The van der Waals surface area contributed by atoms with Crippen molar-refractivity contribution < 1.29 is 0 Å². The van der Waals surface area contributed by atoms with Crippen molar-refractivity contribution in [1.29, 1.82) is 0 Å². The number of fused-ring (bicyclic) bond motifs is 1. The molecule has 21 heavy (non-hydrogen) atoms. The van der Waals surface area contributed by atoms with Crippen molar-refractivity contribution in [1.82, 2.24) is 0 Å². The summed E-state index contributed by atoms with van der Waals surface area (Å²) in [6, 6.07) is 15.4. The molecule has 0 heterocycles. The second-order valence-corrected chi connectivity index (χ2v) is 8.22. The van der Waals surface area contributed by atoms with Gasteiger partial charge < -0.3 is 0 Å². The highest BCUT2D eigenvalue weighted by molar-refractivity contribution is 9.10. The van der Waals surface area contributed by atoms with Gasteiger partial charge in [-0.2, -0.15) is 0 Å². The Bertz CT molecular complexity index is 666. The predicted octanol–water partition coefficient (Wildman–Crippen LogP) is 6.37. The number of hydrogen-bond acceptors (Lipinski definition) is 0. The quantitative estimate of drug-likeness (QED) is 0.565. The monoisotopic (exact) mass is 342 g/mol. The van der Waals surface area contributed by atoms with Gasteiger partial charge in [0.05, 0.1) is 0 Å². The van der Waals surface area contributed by atoms with E-state index < -0.39 is 0 Å². The Kier molecular flexibility index (Phi) is 3.52. The van der Waals surface area contributed by atoms with Gasteiger partial charge in [-0.3, -0.25) is 0 Å². The van der Waals surface area contributed by atoms with E-state index in [2.05, 4.69) is 86.1 Å². The lowest BCUT2D eigenvalue weighted by molar-refractivity contribution is 0.165. The first kappa shape index (κ1) is 14.8. The van der Waals surface area contributed by atoms with Crippen LogP contribution in [-0.2, 0) is 11.8 Å². The summed E-state index contributed by atoms with van der Waals surface area (Å²) in [5, 5.41) is 0. The van der Waals surface area contributed by atoms with Crippen LogP contribution in [0.25, 0.3) is 11.1 Å². The lowest BCUT2D eigenvalue weighted by Gasteiger charge is -2.47. The van der Waals surface area contributed by atoms with Crippen LogP contribution in [0.15, 0.2) is 46.9 Å². The fraction of sp³-hybridized carbons (Fsp3) is 0.400. The molecule has 0 unspecified atom stereocenters. The minimum Gasteiger partial charge on any atom is -0.0622 e. The average molecular weight is 343 g/mol. The van der Waals surface area contributed by atoms with Gasteiger partial charge in [-0.25, -0.2) is 0 Å². The van der Waals surface area contributed by atoms with Crippen LogP contribution in [0.5, 0.6) is 0 Å². The molecule has 2 aromatic carbocycles. The van der Waals surface area contributed by atoms with Gasteiger partial charge in [0, 0.05) is 4.47 Å². The zero-order valence-electron chi connectivity index (χ0n) is 13.3. The van der Waals surface area contributed by atoms with Crippen LogP contribution in [0.1, 0.15) is 45.2 Å². The second kappa shape index (κ2) is 4.98. The Balaban J connectivity index is 2.20.